The van der Waals surface area contributed by atoms with Crippen molar-refractivity contribution in [1.82, 2.24) is 0 Å². The van der Waals surface area contributed by atoms with Gasteiger partial charge in [-0.05, 0) is 17.2 Å². The highest BCUT2D eigenvalue weighted by molar-refractivity contribution is 7.83. The lowest BCUT2D eigenvalue weighted by atomic mass is 10.2. The summed E-state index contributed by atoms with van der Waals surface area (Å²) in [6, 6.07) is 10.3. The van der Waals surface area contributed by atoms with E-state index in [9.17, 15) is 13.0 Å². The van der Waals surface area contributed by atoms with Crippen molar-refractivity contribution in [2.45, 2.75) is 18.1 Å². The summed E-state index contributed by atoms with van der Waals surface area (Å²) in [5.41, 5.74) is 1.88. The van der Waals surface area contributed by atoms with Crippen LogP contribution in [0.4, 0.5) is 8.78 Å². The van der Waals surface area contributed by atoms with Gasteiger partial charge in [0.2, 0.25) is 0 Å². The van der Waals surface area contributed by atoms with Gasteiger partial charge < -0.3 is 5.11 Å². The van der Waals surface area contributed by atoms with Crippen LogP contribution in [-0.2, 0) is 28.9 Å². The van der Waals surface area contributed by atoms with Crippen LogP contribution in [-0.4, -0.2) is 9.32 Å². The molecule has 2 nitrogen and oxygen atoms in total. The van der Waals surface area contributed by atoms with Crippen LogP contribution in [0, 0.1) is 11.6 Å². The van der Waals surface area contributed by atoms with Gasteiger partial charge in [0.25, 0.3) is 0 Å². The zero-order valence-electron chi connectivity index (χ0n) is 10.7. The van der Waals surface area contributed by atoms with Crippen molar-refractivity contribution in [3.8, 4) is 0 Å². The Morgan fingerprint density at radius 2 is 1.60 bits per heavy atom. The van der Waals surface area contributed by atoms with Crippen LogP contribution in [0.1, 0.15) is 16.7 Å². The number of benzene rings is 2. The Kier molecular flexibility index (Phi) is 4.98. The lowest BCUT2D eigenvalue weighted by Gasteiger charge is -2.05. The Labute approximate surface area is 118 Å². The monoisotopic (exact) mass is 296 g/mol. The molecule has 1 atom stereocenters. The molecule has 0 saturated carbocycles. The first kappa shape index (κ1) is 14.8. The molecule has 2 aromatic carbocycles. The number of aliphatic hydroxyl groups excluding tert-OH is 1. The third-order valence-corrected chi connectivity index (χ3v) is 4.15. The molecule has 0 aliphatic rings. The molecule has 20 heavy (non-hydrogen) atoms. The van der Waals surface area contributed by atoms with Crippen molar-refractivity contribution < 1.29 is 18.1 Å². The fourth-order valence-electron chi connectivity index (χ4n) is 1.79. The summed E-state index contributed by atoms with van der Waals surface area (Å²) < 4.78 is 38.2. The van der Waals surface area contributed by atoms with Crippen LogP contribution in [0.25, 0.3) is 0 Å². The van der Waals surface area contributed by atoms with Gasteiger partial charge in [0.05, 0.1) is 12.4 Å². The Bertz CT molecular complexity index is 612. The Morgan fingerprint density at radius 1 is 0.950 bits per heavy atom. The van der Waals surface area contributed by atoms with E-state index in [2.05, 4.69) is 0 Å². The number of halogens is 2. The Hall–Kier alpha value is -1.59. The van der Waals surface area contributed by atoms with Crippen LogP contribution < -0.4 is 0 Å². The number of rotatable bonds is 5. The first-order valence-electron chi connectivity index (χ1n) is 6.06. The van der Waals surface area contributed by atoms with Crippen LogP contribution >= 0.6 is 0 Å². The molecule has 0 aliphatic carbocycles. The molecule has 0 spiro atoms. The van der Waals surface area contributed by atoms with Gasteiger partial charge in [-0.1, -0.05) is 30.3 Å². The van der Waals surface area contributed by atoms with Crippen molar-refractivity contribution in [3.63, 3.8) is 0 Å². The average molecular weight is 296 g/mol. The molecule has 2 aromatic rings. The fraction of sp³-hybridized carbons (Fsp3) is 0.200. The van der Waals surface area contributed by atoms with Crippen molar-refractivity contribution in [2.24, 2.45) is 0 Å². The smallest absolute Gasteiger partial charge is 0.130 e. The summed E-state index contributed by atoms with van der Waals surface area (Å²) in [5.74, 6) is -0.971. The van der Waals surface area contributed by atoms with E-state index in [4.69, 9.17) is 5.11 Å². The van der Waals surface area contributed by atoms with Crippen molar-refractivity contribution in [2.75, 3.05) is 0 Å². The summed E-state index contributed by atoms with van der Waals surface area (Å²) in [7, 11) is -1.27. The molecule has 0 bridgehead atoms. The molecular formula is C15H14F2O2S. The van der Waals surface area contributed by atoms with Crippen LogP contribution in [0.3, 0.4) is 0 Å². The molecule has 0 radical (unpaired) electrons. The lowest BCUT2D eigenvalue weighted by Crippen LogP contribution is -2.02. The highest BCUT2D eigenvalue weighted by Gasteiger charge is 2.09. The zero-order valence-corrected chi connectivity index (χ0v) is 11.5. The normalized spacial score (nSPS) is 12.3. The van der Waals surface area contributed by atoms with Gasteiger partial charge in [-0.25, -0.2) is 8.78 Å². The van der Waals surface area contributed by atoms with Gasteiger partial charge in [-0.15, -0.1) is 0 Å². The maximum absolute atomic E-state index is 13.4. The molecule has 5 heteroatoms. The van der Waals surface area contributed by atoms with E-state index in [1.807, 2.05) is 0 Å². The predicted molar refractivity (Wildman–Crippen MR) is 74.3 cm³/mol. The van der Waals surface area contributed by atoms with Gasteiger partial charge in [-0.3, -0.25) is 4.21 Å². The second-order valence-corrected chi connectivity index (χ2v) is 5.90. The van der Waals surface area contributed by atoms with E-state index in [0.29, 0.717) is 5.75 Å². The fourth-order valence-corrected chi connectivity index (χ4v) is 3.04. The molecule has 0 saturated heterocycles. The molecular weight excluding hydrogens is 282 g/mol. The summed E-state index contributed by atoms with van der Waals surface area (Å²) >= 11 is 0. The topological polar surface area (TPSA) is 37.3 Å². The van der Waals surface area contributed by atoms with Gasteiger partial charge in [0.15, 0.2) is 0 Å². The second kappa shape index (κ2) is 6.72. The number of hydrogen-bond donors (Lipinski definition) is 1. The predicted octanol–water partition coefficient (Wildman–Crippen LogP) is 2.91. The van der Waals surface area contributed by atoms with Crippen LogP contribution in [0.5, 0.6) is 0 Å². The van der Waals surface area contributed by atoms with E-state index in [1.165, 1.54) is 6.07 Å². The van der Waals surface area contributed by atoms with E-state index < -0.39 is 22.4 Å². The maximum atomic E-state index is 13.4. The largest absolute Gasteiger partial charge is 0.392 e. The molecule has 1 unspecified atom stereocenters. The molecule has 0 amide bonds. The minimum absolute atomic E-state index is 0.0375. The highest BCUT2D eigenvalue weighted by Crippen LogP contribution is 2.14. The van der Waals surface area contributed by atoms with E-state index in [-0.39, 0.29) is 17.9 Å². The Morgan fingerprint density at radius 3 is 2.20 bits per heavy atom. The van der Waals surface area contributed by atoms with Crippen molar-refractivity contribution in [1.29, 1.82) is 0 Å². The van der Waals surface area contributed by atoms with Gasteiger partial charge in [0.1, 0.15) is 11.6 Å². The number of aliphatic hydroxyl groups is 1. The summed E-state index contributed by atoms with van der Waals surface area (Å²) in [6.45, 7) is -0.0375. The minimum Gasteiger partial charge on any atom is -0.392 e. The van der Waals surface area contributed by atoms with Crippen molar-refractivity contribution >= 4 is 10.8 Å². The third kappa shape index (κ3) is 3.95. The van der Waals surface area contributed by atoms with E-state index >= 15 is 0 Å². The third-order valence-electron chi connectivity index (χ3n) is 2.86. The Balaban J connectivity index is 2.01. The molecule has 0 aromatic heterocycles. The average Bonchev–Trinajstić information content (AvgIpc) is 2.43. The summed E-state index contributed by atoms with van der Waals surface area (Å²) in [6.07, 6.45) is 0. The summed E-state index contributed by atoms with van der Waals surface area (Å²) in [5, 5.41) is 8.93. The molecule has 0 aliphatic heterocycles. The zero-order chi connectivity index (χ0) is 14.5. The molecule has 2 rings (SSSR count). The van der Waals surface area contributed by atoms with Crippen molar-refractivity contribution in [3.05, 3.63) is 70.8 Å². The maximum Gasteiger partial charge on any atom is 0.130 e. The quantitative estimate of drug-likeness (QED) is 0.921. The molecule has 0 fully saturated rings. The summed E-state index contributed by atoms with van der Waals surface area (Å²) in [4.78, 5) is 0. The van der Waals surface area contributed by atoms with E-state index in [0.717, 1.165) is 23.3 Å². The standard InChI is InChI=1S/C15H14F2O2S/c16-14-6-5-13(15(17)7-14)10-20(19)9-12-3-1-11(8-18)2-4-12/h1-7,18H,8-10H2. The first-order valence-corrected chi connectivity index (χ1v) is 7.55. The van der Waals surface area contributed by atoms with Gasteiger partial charge in [-0.2, -0.15) is 0 Å². The molecule has 1 N–H and O–H groups in total. The van der Waals surface area contributed by atoms with Crippen LogP contribution in [0.2, 0.25) is 0 Å². The van der Waals surface area contributed by atoms with Crippen LogP contribution in [0.15, 0.2) is 42.5 Å². The molecule has 106 valence electrons. The molecule has 0 heterocycles. The SMILES string of the molecule is O=S(Cc1ccc(CO)cc1)Cc1ccc(F)cc1F. The first-order chi connectivity index (χ1) is 9.58. The van der Waals surface area contributed by atoms with E-state index in [1.54, 1.807) is 24.3 Å². The minimum atomic E-state index is -1.27. The lowest BCUT2D eigenvalue weighted by molar-refractivity contribution is 0.282. The second-order valence-electron chi connectivity index (χ2n) is 4.44. The van der Waals surface area contributed by atoms with Gasteiger partial charge in [0, 0.05) is 28.2 Å². The highest BCUT2D eigenvalue weighted by atomic mass is 32.2. The van der Waals surface area contributed by atoms with Gasteiger partial charge >= 0.3 is 0 Å². The number of hydrogen-bond acceptors (Lipinski definition) is 2.